The van der Waals surface area contributed by atoms with Crippen LogP contribution in [0.4, 0.5) is 0 Å². The molecule has 1 N–H and O–H groups in total. The van der Waals surface area contributed by atoms with Crippen LogP contribution in [0.15, 0.2) is 60.7 Å². The number of hydrogen-bond donors (Lipinski definition) is 1. The van der Waals surface area contributed by atoms with Crippen molar-refractivity contribution in [2.45, 2.75) is 24.8 Å². The van der Waals surface area contributed by atoms with Crippen molar-refractivity contribution in [3.8, 4) is 0 Å². The third kappa shape index (κ3) is 3.74. The normalized spacial score (nSPS) is 17.2. The zero-order valence-corrected chi connectivity index (χ0v) is 13.8. The Hall–Kier alpha value is -1.84. The van der Waals surface area contributed by atoms with Gasteiger partial charge in [0.05, 0.1) is 5.41 Å². The number of benzene rings is 2. The first-order valence-electron chi connectivity index (χ1n) is 7.76. The van der Waals surface area contributed by atoms with Crippen molar-refractivity contribution >= 4 is 18.4 Å². The van der Waals surface area contributed by atoms with Crippen molar-refractivity contribution in [3.05, 3.63) is 71.8 Å². The zero-order chi connectivity index (χ0) is 15.4. The van der Waals surface area contributed by atoms with Crippen molar-refractivity contribution < 1.29 is 9.90 Å². The summed E-state index contributed by atoms with van der Waals surface area (Å²) in [6.07, 6.45) is 1.33. The molecule has 1 aliphatic heterocycles. The Bertz CT molecular complexity index is 622. The first-order valence-corrected chi connectivity index (χ1v) is 7.76. The molecule has 0 bridgehead atoms. The third-order valence-corrected chi connectivity index (χ3v) is 4.69. The van der Waals surface area contributed by atoms with Gasteiger partial charge < -0.3 is 5.11 Å². The Morgan fingerprint density at radius 2 is 1.48 bits per heavy atom. The molecule has 1 fully saturated rings. The molecular weight excluding hydrogens is 310 g/mol. The van der Waals surface area contributed by atoms with Crippen LogP contribution < -0.4 is 0 Å². The lowest BCUT2D eigenvalue weighted by Crippen LogP contribution is -2.47. The third-order valence-electron chi connectivity index (χ3n) is 4.69. The van der Waals surface area contributed by atoms with Gasteiger partial charge in [-0.25, -0.2) is 0 Å². The van der Waals surface area contributed by atoms with Gasteiger partial charge >= 0.3 is 5.97 Å². The molecule has 0 aromatic heterocycles. The number of likely N-dealkylation sites (tertiary alicyclic amines) is 1. The number of aliphatic carboxylic acids is 1. The van der Waals surface area contributed by atoms with Gasteiger partial charge in [-0.3, -0.25) is 9.69 Å². The number of hydrogen-bond acceptors (Lipinski definition) is 2. The molecule has 0 spiro atoms. The van der Waals surface area contributed by atoms with Gasteiger partial charge in [0, 0.05) is 6.54 Å². The summed E-state index contributed by atoms with van der Waals surface area (Å²) in [6, 6.07) is 20.0. The highest BCUT2D eigenvalue weighted by molar-refractivity contribution is 5.85. The van der Waals surface area contributed by atoms with Crippen molar-refractivity contribution in [1.29, 1.82) is 0 Å². The summed E-state index contributed by atoms with van der Waals surface area (Å²) in [6.45, 7) is 2.53. The topological polar surface area (TPSA) is 40.5 Å². The number of carboxylic acid groups (broad SMARTS) is 1. The molecule has 23 heavy (non-hydrogen) atoms. The van der Waals surface area contributed by atoms with E-state index in [0.717, 1.165) is 25.2 Å². The van der Waals surface area contributed by atoms with E-state index in [1.54, 1.807) is 0 Å². The van der Waals surface area contributed by atoms with E-state index in [4.69, 9.17) is 0 Å². The summed E-state index contributed by atoms with van der Waals surface area (Å²) in [7, 11) is 0. The maximum absolute atomic E-state index is 11.9. The summed E-state index contributed by atoms with van der Waals surface area (Å²) in [4.78, 5) is 14.3. The Labute approximate surface area is 143 Å². The summed E-state index contributed by atoms with van der Waals surface area (Å²) < 4.78 is 0. The molecule has 0 aliphatic carbocycles. The first-order chi connectivity index (χ1) is 10.7. The molecule has 4 heteroatoms. The maximum atomic E-state index is 11.9. The lowest BCUT2D eigenvalue weighted by molar-refractivity contribution is -0.146. The molecule has 0 saturated carbocycles. The molecule has 0 atom stereocenters. The van der Waals surface area contributed by atoms with Gasteiger partial charge in [0.1, 0.15) is 0 Å². The second kappa shape index (κ2) is 7.62. The van der Waals surface area contributed by atoms with Crippen LogP contribution in [0.5, 0.6) is 0 Å². The average molecular weight is 332 g/mol. The standard InChI is InChI=1S/C19H21NO2.ClH/c21-18(22)19(17-9-5-2-6-10-17)11-13-20(14-12-19)15-16-7-3-1-4-8-16;/h1-10H,11-15H2,(H,21,22);1H. The molecular formula is C19H22ClNO2. The van der Waals surface area contributed by atoms with E-state index >= 15 is 0 Å². The molecule has 2 aromatic carbocycles. The molecule has 2 aromatic rings. The van der Waals surface area contributed by atoms with Gasteiger partial charge in [0.15, 0.2) is 0 Å². The van der Waals surface area contributed by atoms with Gasteiger partial charge in [0.2, 0.25) is 0 Å². The molecule has 122 valence electrons. The van der Waals surface area contributed by atoms with Crippen LogP contribution in [-0.4, -0.2) is 29.1 Å². The summed E-state index contributed by atoms with van der Waals surface area (Å²) in [5.74, 6) is -0.696. The summed E-state index contributed by atoms with van der Waals surface area (Å²) >= 11 is 0. The Kier molecular flexibility index (Phi) is 5.80. The van der Waals surface area contributed by atoms with Gasteiger partial charge in [0.25, 0.3) is 0 Å². The maximum Gasteiger partial charge on any atom is 0.314 e. The minimum Gasteiger partial charge on any atom is -0.481 e. The lowest BCUT2D eigenvalue weighted by atomic mass is 9.73. The SMILES string of the molecule is Cl.O=C(O)C1(c2ccccc2)CCN(Cc2ccccc2)CC1. The van der Waals surface area contributed by atoms with E-state index < -0.39 is 11.4 Å². The van der Waals surface area contributed by atoms with E-state index in [-0.39, 0.29) is 12.4 Å². The number of halogens is 1. The predicted octanol–water partition coefficient (Wildman–Crippen LogP) is 3.73. The van der Waals surface area contributed by atoms with Gasteiger partial charge in [-0.1, -0.05) is 60.7 Å². The van der Waals surface area contributed by atoms with Gasteiger partial charge in [-0.05, 0) is 37.1 Å². The fraction of sp³-hybridized carbons (Fsp3) is 0.316. The molecule has 0 radical (unpaired) electrons. The van der Waals surface area contributed by atoms with Crippen LogP contribution in [-0.2, 0) is 16.8 Å². The monoisotopic (exact) mass is 331 g/mol. The van der Waals surface area contributed by atoms with Crippen molar-refractivity contribution in [2.75, 3.05) is 13.1 Å². The lowest BCUT2D eigenvalue weighted by Gasteiger charge is -2.39. The molecule has 0 amide bonds. The number of piperidine rings is 1. The number of carboxylic acids is 1. The minimum absolute atomic E-state index is 0. The second-order valence-electron chi connectivity index (χ2n) is 6.02. The largest absolute Gasteiger partial charge is 0.481 e. The van der Waals surface area contributed by atoms with Crippen LogP contribution >= 0.6 is 12.4 Å². The van der Waals surface area contributed by atoms with Crippen LogP contribution in [0, 0.1) is 0 Å². The predicted molar refractivity (Wildman–Crippen MR) is 94.0 cm³/mol. The smallest absolute Gasteiger partial charge is 0.314 e. The van der Waals surface area contributed by atoms with Crippen molar-refractivity contribution in [1.82, 2.24) is 4.90 Å². The quantitative estimate of drug-likeness (QED) is 0.928. The highest BCUT2D eigenvalue weighted by atomic mass is 35.5. The molecule has 1 saturated heterocycles. The number of rotatable bonds is 4. The molecule has 1 aliphatic rings. The van der Waals surface area contributed by atoms with Gasteiger partial charge in [-0.2, -0.15) is 0 Å². The Balaban J connectivity index is 0.00000192. The van der Waals surface area contributed by atoms with Gasteiger partial charge in [-0.15, -0.1) is 12.4 Å². The number of carbonyl (C=O) groups is 1. The Morgan fingerprint density at radius 1 is 0.957 bits per heavy atom. The molecule has 0 unspecified atom stereocenters. The second-order valence-corrected chi connectivity index (χ2v) is 6.02. The fourth-order valence-electron chi connectivity index (χ4n) is 3.32. The average Bonchev–Trinajstić information content (AvgIpc) is 2.57. The van der Waals surface area contributed by atoms with E-state index in [1.165, 1.54) is 5.56 Å². The summed E-state index contributed by atoms with van der Waals surface area (Å²) in [5.41, 5.74) is 1.49. The van der Waals surface area contributed by atoms with Crippen LogP contribution in [0.25, 0.3) is 0 Å². The molecule has 1 heterocycles. The molecule has 3 rings (SSSR count). The Morgan fingerprint density at radius 3 is 2.00 bits per heavy atom. The fourth-order valence-corrected chi connectivity index (χ4v) is 3.32. The van der Waals surface area contributed by atoms with Crippen molar-refractivity contribution in [3.63, 3.8) is 0 Å². The zero-order valence-electron chi connectivity index (χ0n) is 13.0. The highest BCUT2D eigenvalue weighted by Gasteiger charge is 2.42. The minimum atomic E-state index is -0.728. The van der Waals surface area contributed by atoms with Crippen LogP contribution in [0.1, 0.15) is 24.0 Å². The van der Waals surface area contributed by atoms with E-state index in [0.29, 0.717) is 12.8 Å². The van der Waals surface area contributed by atoms with Crippen molar-refractivity contribution in [2.24, 2.45) is 0 Å². The van der Waals surface area contributed by atoms with E-state index in [1.807, 2.05) is 48.5 Å². The van der Waals surface area contributed by atoms with Crippen LogP contribution in [0.2, 0.25) is 0 Å². The van der Waals surface area contributed by atoms with E-state index in [2.05, 4.69) is 17.0 Å². The van der Waals surface area contributed by atoms with Crippen LogP contribution in [0.3, 0.4) is 0 Å². The number of nitrogens with zero attached hydrogens (tertiary/aromatic N) is 1. The highest BCUT2D eigenvalue weighted by Crippen LogP contribution is 2.36. The van der Waals surface area contributed by atoms with E-state index in [9.17, 15) is 9.90 Å². The molecule has 3 nitrogen and oxygen atoms in total. The first kappa shape index (κ1) is 17.5. The summed E-state index contributed by atoms with van der Waals surface area (Å²) in [5, 5.41) is 9.80.